The molecule has 0 bridgehead atoms. The topological polar surface area (TPSA) is 158 Å². The first-order valence-corrected chi connectivity index (χ1v) is 7.31. The van der Waals surface area contributed by atoms with Crippen LogP contribution in [0, 0.1) is 20.2 Å². The fourth-order valence-electron chi connectivity index (χ4n) is 1.70. The second-order valence-electron chi connectivity index (χ2n) is 4.22. The van der Waals surface area contributed by atoms with Gasteiger partial charge in [0.25, 0.3) is 11.4 Å². The van der Waals surface area contributed by atoms with Gasteiger partial charge in [0.1, 0.15) is 0 Å². The van der Waals surface area contributed by atoms with Crippen molar-refractivity contribution in [2.75, 3.05) is 6.26 Å². The second-order valence-corrected chi connectivity index (χ2v) is 6.58. The Labute approximate surface area is 118 Å². The highest BCUT2D eigenvalue weighted by molar-refractivity contribution is 7.90. The predicted molar refractivity (Wildman–Crippen MR) is 70.0 cm³/mol. The van der Waals surface area contributed by atoms with Gasteiger partial charge in [-0.3, -0.25) is 20.2 Å². The van der Waals surface area contributed by atoms with Crippen LogP contribution in [0.25, 0.3) is 0 Å². The van der Waals surface area contributed by atoms with E-state index in [4.69, 9.17) is 5.11 Å². The number of rotatable bonds is 5. The third kappa shape index (κ3) is 3.31. The number of hydrogen-bond acceptors (Lipinski definition) is 7. The Morgan fingerprint density at radius 2 is 1.76 bits per heavy atom. The summed E-state index contributed by atoms with van der Waals surface area (Å²) in [6.07, 6.45) is 0.786. The van der Waals surface area contributed by atoms with Crippen molar-refractivity contribution in [3.05, 3.63) is 43.5 Å². The van der Waals surface area contributed by atoms with Gasteiger partial charge in [0, 0.05) is 12.3 Å². The number of non-ortho nitro benzene ring substituents is 1. The molecule has 1 rings (SSSR count). The van der Waals surface area contributed by atoms with E-state index in [9.17, 15) is 33.4 Å². The van der Waals surface area contributed by atoms with Crippen LogP contribution >= 0.6 is 0 Å². The summed E-state index contributed by atoms with van der Waals surface area (Å²) in [5.74, 6) is -1.69. The minimum atomic E-state index is -3.84. The van der Waals surface area contributed by atoms with Crippen LogP contribution in [0.4, 0.5) is 11.4 Å². The molecule has 1 unspecified atom stereocenters. The first kappa shape index (κ1) is 16.5. The number of nitrogens with zero attached hydrogens (tertiary/aromatic N) is 2. The standard InChI is InChI=1S/C10H10N2O8S/c1-5(21(2,19)20)9-7(10(13)14)3-6(11(15)16)4-8(9)12(17)18/h3-5H,1-2H3,(H,13,14). The van der Waals surface area contributed by atoms with Gasteiger partial charge in [-0.15, -0.1) is 0 Å². The molecule has 0 aliphatic heterocycles. The molecule has 0 amide bonds. The quantitative estimate of drug-likeness (QED) is 0.628. The molecule has 0 aliphatic carbocycles. The molecule has 0 saturated carbocycles. The van der Waals surface area contributed by atoms with Crippen molar-refractivity contribution in [2.24, 2.45) is 0 Å². The molecule has 1 atom stereocenters. The largest absolute Gasteiger partial charge is 0.478 e. The fraction of sp³-hybridized carbons (Fsp3) is 0.300. The van der Waals surface area contributed by atoms with Gasteiger partial charge in [-0.2, -0.15) is 0 Å². The number of nitro groups is 2. The fourth-order valence-corrected chi connectivity index (χ4v) is 2.37. The van der Waals surface area contributed by atoms with Gasteiger partial charge in [-0.1, -0.05) is 0 Å². The van der Waals surface area contributed by atoms with Gasteiger partial charge in [-0.25, -0.2) is 13.2 Å². The molecule has 1 aromatic rings. The van der Waals surface area contributed by atoms with E-state index in [2.05, 4.69) is 0 Å². The molecule has 21 heavy (non-hydrogen) atoms. The van der Waals surface area contributed by atoms with Gasteiger partial charge in [0.15, 0.2) is 9.84 Å². The molecule has 0 aliphatic rings. The predicted octanol–water partition coefficient (Wildman–Crippen LogP) is 1.31. The maximum absolute atomic E-state index is 11.6. The van der Waals surface area contributed by atoms with Crippen LogP contribution in [0.2, 0.25) is 0 Å². The minimum Gasteiger partial charge on any atom is -0.478 e. The van der Waals surface area contributed by atoms with E-state index in [-0.39, 0.29) is 0 Å². The summed E-state index contributed by atoms with van der Waals surface area (Å²) < 4.78 is 23.1. The molecule has 0 fully saturated rings. The van der Waals surface area contributed by atoms with Crippen molar-refractivity contribution in [3.63, 3.8) is 0 Å². The molecule has 0 saturated heterocycles. The molecule has 0 spiro atoms. The Morgan fingerprint density at radius 3 is 2.10 bits per heavy atom. The summed E-state index contributed by atoms with van der Waals surface area (Å²) in [5, 5.41) is 29.3. The molecule has 0 heterocycles. The average Bonchev–Trinajstić information content (AvgIpc) is 2.34. The maximum atomic E-state index is 11.6. The highest BCUT2D eigenvalue weighted by Crippen LogP contribution is 2.36. The van der Waals surface area contributed by atoms with Crippen LogP contribution in [-0.2, 0) is 9.84 Å². The third-order valence-electron chi connectivity index (χ3n) is 2.83. The highest BCUT2D eigenvalue weighted by atomic mass is 32.2. The average molecular weight is 318 g/mol. The number of hydrogen-bond donors (Lipinski definition) is 1. The lowest BCUT2D eigenvalue weighted by Crippen LogP contribution is -2.15. The smallest absolute Gasteiger partial charge is 0.336 e. The summed E-state index contributed by atoms with van der Waals surface area (Å²) >= 11 is 0. The zero-order valence-electron chi connectivity index (χ0n) is 10.8. The lowest BCUT2D eigenvalue weighted by molar-refractivity contribution is -0.394. The minimum absolute atomic E-state index is 0.545. The van der Waals surface area contributed by atoms with Crippen molar-refractivity contribution in [3.8, 4) is 0 Å². The molecule has 0 radical (unpaired) electrons. The van der Waals surface area contributed by atoms with Gasteiger partial charge in [-0.05, 0) is 6.92 Å². The van der Waals surface area contributed by atoms with Crippen molar-refractivity contribution in [2.45, 2.75) is 12.2 Å². The molecule has 0 aromatic heterocycles. The number of aromatic carboxylic acids is 1. The van der Waals surface area contributed by atoms with Gasteiger partial charge < -0.3 is 5.11 Å². The first-order valence-electron chi connectivity index (χ1n) is 5.35. The Balaban J connectivity index is 3.86. The Morgan fingerprint density at radius 1 is 1.24 bits per heavy atom. The SMILES string of the molecule is CC(c1c(C(=O)O)cc([N+](=O)[O-])cc1[N+](=O)[O-])S(C)(=O)=O. The van der Waals surface area contributed by atoms with E-state index in [1.54, 1.807) is 0 Å². The van der Waals surface area contributed by atoms with Crippen LogP contribution in [0.5, 0.6) is 0 Å². The number of carboxylic acid groups (broad SMARTS) is 1. The first-order chi connectivity index (χ1) is 9.46. The number of carboxylic acids is 1. The highest BCUT2D eigenvalue weighted by Gasteiger charge is 2.34. The Kier molecular flexibility index (Phi) is 4.27. The van der Waals surface area contributed by atoms with E-state index in [1.165, 1.54) is 0 Å². The second kappa shape index (κ2) is 5.44. The number of carbonyl (C=O) groups is 1. The summed E-state index contributed by atoms with van der Waals surface area (Å²) in [7, 11) is -3.84. The summed E-state index contributed by atoms with van der Waals surface area (Å²) in [6, 6.07) is 1.15. The molecule has 1 N–H and O–H groups in total. The monoisotopic (exact) mass is 318 g/mol. The van der Waals surface area contributed by atoms with Crippen molar-refractivity contribution >= 4 is 27.2 Å². The Bertz CT molecular complexity index is 704. The lowest BCUT2D eigenvalue weighted by Gasteiger charge is -2.13. The van der Waals surface area contributed by atoms with Crippen molar-refractivity contribution < 1.29 is 28.2 Å². The van der Waals surface area contributed by atoms with Crippen molar-refractivity contribution in [1.29, 1.82) is 0 Å². The van der Waals surface area contributed by atoms with E-state index < -0.39 is 53.4 Å². The lowest BCUT2D eigenvalue weighted by atomic mass is 10.0. The van der Waals surface area contributed by atoms with Crippen LogP contribution in [0.1, 0.15) is 28.1 Å². The van der Waals surface area contributed by atoms with Crippen molar-refractivity contribution in [1.82, 2.24) is 0 Å². The van der Waals surface area contributed by atoms with E-state index in [0.717, 1.165) is 13.2 Å². The number of nitro benzene ring substituents is 2. The zero-order valence-corrected chi connectivity index (χ0v) is 11.7. The van der Waals surface area contributed by atoms with Crippen LogP contribution in [0.3, 0.4) is 0 Å². The van der Waals surface area contributed by atoms with E-state index in [1.807, 2.05) is 0 Å². The summed E-state index contributed by atoms with van der Waals surface area (Å²) in [4.78, 5) is 30.8. The summed E-state index contributed by atoms with van der Waals surface area (Å²) in [5.41, 5.74) is -3.09. The van der Waals surface area contributed by atoms with E-state index >= 15 is 0 Å². The van der Waals surface area contributed by atoms with Crippen LogP contribution in [-0.4, -0.2) is 35.6 Å². The Hall–Kier alpha value is -2.56. The number of benzene rings is 1. The van der Waals surface area contributed by atoms with Gasteiger partial charge in [0.05, 0.1) is 32.3 Å². The third-order valence-corrected chi connectivity index (χ3v) is 4.35. The molecular formula is C10H10N2O8S. The summed E-state index contributed by atoms with van der Waals surface area (Å²) in [6.45, 7) is 1.08. The van der Waals surface area contributed by atoms with Crippen LogP contribution in [0.15, 0.2) is 12.1 Å². The molecule has 10 nitrogen and oxygen atoms in total. The maximum Gasteiger partial charge on any atom is 0.336 e. The molecule has 114 valence electrons. The zero-order chi connectivity index (χ0) is 16.5. The molecular weight excluding hydrogens is 308 g/mol. The number of sulfone groups is 1. The van der Waals surface area contributed by atoms with Crippen LogP contribution < -0.4 is 0 Å². The normalized spacial score (nSPS) is 12.7. The van der Waals surface area contributed by atoms with Gasteiger partial charge >= 0.3 is 5.97 Å². The molecule has 11 heteroatoms. The van der Waals surface area contributed by atoms with Gasteiger partial charge in [0.2, 0.25) is 0 Å². The molecule has 1 aromatic carbocycles. The van der Waals surface area contributed by atoms with E-state index in [0.29, 0.717) is 12.1 Å².